The van der Waals surface area contributed by atoms with Crippen molar-refractivity contribution >= 4 is 72.2 Å². The van der Waals surface area contributed by atoms with Gasteiger partial charge in [-0.15, -0.1) is 0 Å². The van der Waals surface area contributed by atoms with E-state index >= 15 is 0 Å². The normalized spacial score (nSPS) is 14.0. The van der Waals surface area contributed by atoms with Crippen LogP contribution in [0.15, 0.2) is 89.3 Å². The molecule has 8 aromatic rings. The molecule has 5 heteroatoms. The molecular formula is C33H22ClN3O. The molecule has 5 aromatic carbocycles. The van der Waals surface area contributed by atoms with Crippen molar-refractivity contribution < 1.29 is 4.42 Å². The lowest BCUT2D eigenvalue weighted by Gasteiger charge is -2.18. The minimum Gasteiger partial charge on any atom is -0.454 e. The molecule has 0 saturated carbocycles. The molecule has 0 fully saturated rings. The van der Waals surface area contributed by atoms with Gasteiger partial charge in [0, 0.05) is 16.2 Å². The molecule has 0 bridgehead atoms. The van der Waals surface area contributed by atoms with Gasteiger partial charge < -0.3 is 4.42 Å². The molecule has 1 aliphatic rings. The molecule has 0 unspecified atom stereocenters. The summed E-state index contributed by atoms with van der Waals surface area (Å²) in [4.78, 5) is 5.37. The van der Waals surface area contributed by atoms with Crippen LogP contribution in [-0.2, 0) is 12.8 Å². The highest BCUT2D eigenvalue weighted by atomic mass is 35.5. The van der Waals surface area contributed by atoms with Crippen LogP contribution in [-0.4, -0.2) is 14.0 Å². The average molecular weight is 512 g/mol. The molecule has 1 aliphatic carbocycles. The zero-order valence-corrected chi connectivity index (χ0v) is 21.3. The number of hydrogen-bond acceptors (Lipinski definition) is 2. The second-order valence-corrected chi connectivity index (χ2v) is 10.8. The van der Waals surface area contributed by atoms with Gasteiger partial charge in [-0.1, -0.05) is 60.1 Å². The molecule has 0 amide bonds. The van der Waals surface area contributed by atoms with Gasteiger partial charge in [0.1, 0.15) is 10.6 Å². The maximum Gasteiger partial charge on any atom is 0.220 e. The van der Waals surface area contributed by atoms with E-state index in [-0.39, 0.29) is 0 Å². The lowest BCUT2D eigenvalue weighted by Crippen LogP contribution is -2.06. The quantitative estimate of drug-likeness (QED) is 0.220. The largest absolute Gasteiger partial charge is 0.454 e. The van der Waals surface area contributed by atoms with Gasteiger partial charge in [0.2, 0.25) is 5.78 Å². The molecule has 3 aromatic heterocycles. The Morgan fingerprint density at radius 1 is 0.737 bits per heavy atom. The number of halogens is 1. The lowest BCUT2D eigenvalue weighted by atomic mass is 9.91. The fourth-order valence-electron chi connectivity index (χ4n) is 6.68. The minimum atomic E-state index is 0.593. The first kappa shape index (κ1) is 20.7. The number of benzene rings is 5. The SMILES string of the molecule is Clc1c(-n2c3cccc4cccc(c43)n3c4ccc5c(c4nc23)CCCC5)ccc2c1oc1ccccc12. The lowest BCUT2D eigenvalue weighted by molar-refractivity contribution is 0.668. The number of imidazole rings is 1. The van der Waals surface area contributed by atoms with Crippen LogP contribution in [0.1, 0.15) is 24.0 Å². The summed E-state index contributed by atoms with van der Waals surface area (Å²) < 4.78 is 10.8. The van der Waals surface area contributed by atoms with Crippen molar-refractivity contribution in [3.63, 3.8) is 0 Å². The third kappa shape index (κ3) is 2.58. The first-order chi connectivity index (χ1) is 18.8. The van der Waals surface area contributed by atoms with Gasteiger partial charge in [-0.25, -0.2) is 4.98 Å². The van der Waals surface area contributed by atoms with E-state index in [2.05, 4.69) is 75.7 Å². The predicted molar refractivity (Wildman–Crippen MR) is 156 cm³/mol. The number of fused-ring (bicyclic) bond motifs is 9. The van der Waals surface area contributed by atoms with E-state index in [0.717, 1.165) is 62.7 Å². The standard InChI is InChI=1S/C33H22ClN3O/c34-30-26(18-16-23-22-11-3-4-14-28(22)38-32(23)30)36-24-12-5-8-20-9-6-13-25(29(20)24)37-27-17-15-19-7-1-2-10-21(19)31(27)35-33(36)37/h3-6,8-9,11-18H,1-2,7,10H2. The van der Waals surface area contributed by atoms with Crippen molar-refractivity contribution in [2.24, 2.45) is 0 Å². The van der Waals surface area contributed by atoms with Crippen LogP contribution in [0.2, 0.25) is 5.02 Å². The Morgan fingerprint density at radius 2 is 1.58 bits per heavy atom. The number of hydrogen-bond donors (Lipinski definition) is 0. The van der Waals surface area contributed by atoms with E-state index in [1.54, 1.807) is 0 Å². The molecule has 9 rings (SSSR count). The molecule has 0 saturated heterocycles. The molecule has 3 heterocycles. The van der Waals surface area contributed by atoms with E-state index in [4.69, 9.17) is 21.0 Å². The number of aryl methyl sites for hydroxylation is 2. The minimum absolute atomic E-state index is 0.593. The van der Waals surface area contributed by atoms with Gasteiger partial charge in [0.25, 0.3) is 0 Å². The molecule has 0 radical (unpaired) electrons. The van der Waals surface area contributed by atoms with Crippen molar-refractivity contribution in [1.29, 1.82) is 0 Å². The molecule has 0 spiro atoms. The fourth-order valence-corrected chi connectivity index (χ4v) is 6.97. The Balaban J connectivity index is 1.50. The highest BCUT2D eigenvalue weighted by Crippen LogP contribution is 2.40. The maximum absolute atomic E-state index is 7.22. The van der Waals surface area contributed by atoms with Gasteiger partial charge in [0.15, 0.2) is 5.58 Å². The van der Waals surface area contributed by atoms with Gasteiger partial charge in [-0.3, -0.25) is 8.97 Å². The number of furan rings is 1. The molecular weight excluding hydrogens is 490 g/mol. The van der Waals surface area contributed by atoms with E-state index in [9.17, 15) is 0 Å². The van der Waals surface area contributed by atoms with E-state index in [0.29, 0.717) is 10.6 Å². The van der Waals surface area contributed by atoms with Gasteiger partial charge in [0.05, 0.1) is 27.8 Å². The number of rotatable bonds is 1. The van der Waals surface area contributed by atoms with Crippen molar-refractivity contribution in [2.45, 2.75) is 25.7 Å². The van der Waals surface area contributed by atoms with Crippen molar-refractivity contribution in [3.05, 3.63) is 101 Å². The molecule has 0 aliphatic heterocycles. The maximum atomic E-state index is 7.22. The fraction of sp³-hybridized carbons (Fsp3) is 0.121. The monoisotopic (exact) mass is 511 g/mol. The van der Waals surface area contributed by atoms with Crippen molar-refractivity contribution in [2.75, 3.05) is 0 Å². The highest BCUT2D eigenvalue weighted by Gasteiger charge is 2.23. The summed E-state index contributed by atoms with van der Waals surface area (Å²) in [6.45, 7) is 0. The summed E-state index contributed by atoms with van der Waals surface area (Å²) in [5.41, 5.74) is 9.72. The van der Waals surface area contributed by atoms with Crippen LogP contribution in [0.4, 0.5) is 0 Å². The summed E-state index contributed by atoms with van der Waals surface area (Å²) in [5.74, 6) is 0.863. The molecule has 4 nitrogen and oxygen atoms in total. The summed E-state index contributed by atoms with van der Waals surface area (Å²) in [7, 11) is 0. The number of para-hydroxylation sites is 1. The van der Waals surface area contributed by atoms with Crippen molar-refractivity contribution in [1.82, 2.24) is 14.0 Å². The highest BCUT2D eigenvalue weighted by molar-refractivity contribution is 6.38. The second-order valence-electron chi connectivity index (χ2n) is 10.4. The zero-order chi connectivity index (χ0) is 25.0. The Labute approximate surface area is 222 Å². The second kappa shape index (κ2) is 7.40. The topological polar surface area (TPSA) is 35.4 Å². The third-order valence-electron chi connectivity index (χ3n) is 8.38. The van der Waals surface area contributed by atoms with Crippen molar-refractivity contribution in [3.8, 4) is 5.69 Å². The Morgan fingerprint density at radius 3 is 2.50 bits per heavy atom. The van der Waals surface area contributed by atoms with Crippen LogP contribution >= 0.6 is 11.6 Å². The van der Waals surface area contributed by atoms with E-state index < -0.39 is 0 Å². The molecule has 38 heavy (non-hydrogen) atoms. The Bertz CT molecular complexity index is 2260. The van der Waals surface area contributed by atoms with Crippen LogP contribution in [0.5, 0.6) is 0 Å². The zero-order valence-electron chi connectivity index (χ0n) is 20.5. The van der Waals surface area contributed by atoms with Gasteiger partial charge in [-0.2, -0.15) is 0 Å². The smallest absolute Gasteiger partial charge is 0.220 e. The number of nitrogens with zero attached hydrogens (tertiary/aromatic N) is 3. The van der Waals surface area contributed by atoms with Crippen LogP contribution in [0.25, 0.3) is 66.2 Å². The molecule has 0 atom stereocenters. The summed E-state index contributed by atoms with van der Waals surface area (Å²) in [6, 6.07) is 29.9. The Hall–Kier alpha value is -4.28. The molecule has 0 N–H and O–H groups in total. The molecule has 182 valence electrons. The Kier molecular flexibility index (Phi) is 4.04. The van der Waals surface area contributed by atoms with Gasteiger partial charge in [-0.05, 0) is 78.6 Å². The van der Waals surface area contributed by atoms with Gasteiger partial charge >= 0.3 is 0 Å². The van der Waals surface area contributed by atoms with Crippen LogP contribution in [0.3, 0.4) is 0 Å². The van der Waals surface area contributed by atoms with E-state index in [1.807, 2.05) is 18.2 Å². The summed E-state index contributed by atoms with van der Waals surface area (Å²) in [6.07, 6.45) is 4.66. The van der Waals surface area contributed by atoms with Crippen LogP contribution < -0.4 is 0 Å². The number of aromatic nitrogens is 3. The van der Waals surface area contributed by atoms with E-state index in [1.165, 1.54) is 34.7 Å². The predicted octanol–water partition coefficient (Wildman–Crippen LogP) is 9.02. The summed E-state index contributed by atoms with van der Waals surface area (Å²) in [5, 5.41) is 5.07. The van der Waals surface area contributed by atoms with Crippen LogP contribution in [0, 0.1) is 0 Å². The summed E-state index contributed by atoms with van der Waals surface area (Å²) >= 11 is 7.22. The first-order valence-corrected chi connectivity index (χ1v) is 13.6. The first-order valence-electron chi connectivity index (χ1n) is 13.2. The third-order valence-corrected chi connectivity index (χ3v) is 8.75. The average Bonchev–Trinajstić information content (AvgIpc) is 3.54.